The van der Waals surface area contributed by atoms with Gasteiger partial charge in [-0.2, -0.15) is 8.61 Å². The lowest BCUT2D eigenvalue weighted by Crippen LogP contribution is -2.35. The van der Waals surface area contributed by atoms with Gasteiger partial charge in [0, 0.05) is 54.0 Å². The number of piperidine rings is 1. The molecule has 0 aliphatic carbocycles. The quantitative estimate of drug-likeness (QED) is 0.122. The summed E-state index contributed by atoms with van der Waals surface area (Å²) in [6.45, 7) is 10.1. The fourth-order valence-electron chi connectivity index (χ4n) is 6.57. The van der Waals surface area contributed by atoms with Gasteiger partial charge in [-0.25, -0.2) is 26.8 Å². The second kappa shape index (κ2) is 18.3. The number of hydrogen-bond donors (Lipinski definition) is 0. The summed E-state index contributed by atoms with van der Waals surface area (Å²) in [5.41, 5.74) is 6.03. The van der Waals surface area contributed by atoms with Gasteiger partial charge in [0.1, 0.15) is 5.01 Å². The molecule has 7 rings (SSSR count). The van der Waals surface area contributed by atoms with Crippen LogP contribution in [-0.4, -0.2) is 61.6 Å². The molecule has 0 radical (unpaired) electrons. The summed E-state index contributed by atoms with van der Waals surface area (Å²) in [5, 5.41) is 6.19. The molecule has 0 unspecified atom stereocenters. The van der Waals surface area contributed by atoms with Crippen LogP contribution in [0.5, 0.6) is 0 Å². The molecular formula is C43H48N4O4S4. The second-order valence-electron chi connectivity index (χ2n) is 13.7. The Labute approximate surface area is 334 Å². The minimum absolute atomic E-state index is 0.0541. The van der Waals surface area contributed by atoms with E-state index in [-0.39, 0.29) is 5.92 Å². The molecule has 3 heterocycles. The van der Waals surface area contributed by atoms with Crippen molar-refractivity contribution >= 4 is 42.7 Å². The third kappa shape index (κ3) is 9.50. The van der Waals surface area contributed by atoms with Crippen molar-refractivity contribution < 1.29 is 16.8 Å². The van der Waals surface area contributed by atoms with Crippen molar-refractivity contribution in [3.8, 4) is 22.5 Å². The molecule has 12 heteroatoms. The molecule has 1 aliphatic rings. The van der Waals surface area contributed by atoms with Crippen LogP contribution in [-0.2, 0) is 20.0 Å². The molecule has 0 N–H and O–H groups in total. The standard InChI is InChI=1S/C26H26N2O2S2.C17H22N2O2S2/c1-3-28(4-2)32(29,30)23-17-15-20(16-18-23)24-19-31-26(27-24)25(21-11-7-5-8-12-21)22-13-9-6-10-14-22;1-13(2)17-18-16(12-22-17)14-6-8-15(9-7-14)23(20,21)19-10-4-3-5-11-19/h5-19,25H,3-4H2,1-2H3;6-9,12-13H,3-5,10-11H2,1-2H3. The first-order valence-electron chi connectivity index (χ1n) is 18.7. The number of hydrogen-bond acceptors (Lipinski definition) is 8. The van der Waals surface area contributed by atoms with Gasteiger partial charge in [-0.15, -0.1) is 22.7 Å². The minimum Gasteiger partial charge on any atom is -0.241 e. The first kappa shape index (κ1) is 40.6. The molecule has 2 aromatic heterocycles. The largest absolute Gasteiger partial charge is 0.243 e. The smallest absolute Gasteiger partial charge is 0.241 e. The Morgan fingerprint density at radius 3 is 1.53 bits per heavy atom. The third-order valence-electron chi connectivity index (χ3n) is 9.65. The Hall–Kier alpha value is -4.04. The molecule has 0 spiro atoms. The number of benzene rings is 4. The van der Waals surface area contributed by atoms with Crippen molar-refractivity contribution in [3.63, 3.8) is 0 Å². The summed E-state index contributed by atoms with van der Waals surface area (Å²) in [7, 11) is -6.82. The number of sulfonamides is 2. The van der Waals surface area contributed by atoms with Gasteiger partial charge in [-0.1, -0.05) is 119 Å². The predicted octanol–water partition coefficient (Wildman–Crippen LogP) is 10.1. The van der Waals surface area contributed by atoms with Gasteiger partial charge in [-0.3, -0.25) is 0 Å². The second-order valence-corrected chi connectivity index (χ2v) is 19.3. The van der Waals surface area contributed by atoms with E-state index < -0.39 is 20.0 Å². The lowest BCUT2D eigenvalue weighted by molar-refractivity contribution is 0.346. The highest BCUT2D eigenvalue weighted by Crippen LogP contribution is 2.36. The fourth-order valence-corrected chi connectivity index (χ4v) is 11.4. The maximum Gasteiger partial charge on any atom is 0.243 e. The summed E-state index contributed by atoms with van der Waals surface area (Å²) in [6, 6.07) is 34.9. The maximum atomic E-state index is 12.8. The first-order chi connectivity index (χ1) is 26.5. The number of aromatic nitrogens is 2. The highest BCUT2D eigenvalue weighted by molar-refractivity contribution is 7.89. The molecule has 0 amide bonds. The Bertz CT molecular complexity index is 2290. The number of rotatable bonds is 12. The first-order valence-corrected chi connectivity index (χ1v) is 23.4. The van der Waals surface area contributed by atoms with E-state index in [1.54, 1.807) is 51.2 Å². The van der Waals surface area contributed by atoms with Crippen LogP contribution in [0.4, 0.5) is 0 Å². The average molecular weight is 813 g/mol. The van der Waals surface area contributed by atoms with E-state index in [0.717, 1.165) is 51.8 Å². The molecular weight excluding hydrogens is 765 g/mol. The molecule has 0 atom stereocenters. The van der Waals surface area contributed by atoms with Crippen molar-refractivity contribution in [1.29, 1.82) is 0 Å². The third-order valence-corrected chi connectivity index (χ3v) is 15.7. The van der Waals surface area contributed by atoms with Gasteiger partial charge in [-0.05, 0) is 48.2 Å². The van der Waals surface area contributed by atoms with Gasteiger partial charge in [0.15, 0.2) is 0 Å². The van der Waals surface area contributed by atoms with Crippen molar-refractivity contribution in [2.24, 2.45) is 0 Å². The van der Waals surface area contributed by atoms with Crippen LogP contribution in [0.3, 0.4) is 0 Å². The zero-order valence-electron chi connectivity index (χ0n) is 31.7. The van der Waals surface area contributed by atoms with E-state index in [0.29, 0.717) is 41.9 Å². The van der Waals surface area contributed by atoms with Gasteiger partial charge in [0.2, 0.25) is 20.0 Å². The molecule has 8 nitrogen and oxygen atoms in total. The molecule has 1 fully saturated rings. The predicted molar refractivity (Wildman–Crippen MR) is 226 cm³/mol. The van der Waals surface area contributed by atoms with E-state index in [4.69, 9.17) is 4.98 Å². The highest BCUT2D eigenvalue weighted by atomic mass is 32.2. The number of thiazole rings is 2. The van der Waals surface area contributed by atoms with Crippen LogP contribution < -0.4 is 0 Å². The lowest BCUT2D eigenvalue weighted by Gasteiger charge is -2.25. The van der Waals surface area contributed by atoms with Crippen LogP contribution >= 0.6 is 22.7 Å². The van der Waals surface area contributed by atoms with Gasteiger partial charge in [0.05, 0.1) is 32.1 Å². The summed E-state index contributed by atoms with van der Waals surface area (Å²) in [5.74, 6) is 0.464. The molecule has 288 valence electrons. The molecule has 1 aliphatic heterocycles. The number of nitrogens with zero attached hydrogens (tertiary/aromatic N) is 4. The molecule has 4 aromatic carbocycles. The SMILES string of the molecule is CC(C)c1nc(-c2ccc(S(=O)(=O)N3CCCCC3)cc2)cs1.CCN(CC)S(=O)(=O)c1ccc(-c2csc(C(c3ccccc3)c3ccccc3)n2)cc1. The zero-order valence-corrected chi connectivity index (χ0v) is 35.0. The summed E-state index contributed by atoms with van der Waals surface area (Å²) in [6.07, 6.45) is 3.02. The van der Waals surface area contributed by atoms with Crippen LogP contribution in [0.15, 0.2) is 130 Å². The van der Waals surface area contributed by atoms with Crippen LogP contribution in [0.2, 0.25) is 0 Å². The molecule has 0 bridgehead atoms. The Balaban J connectivity index is 0.000000197. The molecule has 55 heavy (non-hydrogen) atoms. The minimum atomic E-state index is -3.46. The normalized spacial score (nSPS) is 13.9. The van der Waals surface area contributed by atoms with Gasteiger partial charge >= 0.3 is 0 Å². The van der Waals surface area contributed by atoms with E-state index in [1.807, 2.05) is 61.0 Å². The van der Waals surface area contributed by atoms with Crippen LogP contribution in [0.25, 0.3) is 22.5 Å². The van der Waals surface area contributed by atoms with E-state index >= 15 is 0 Å². The maximum absolute atomic E-state index is 12.8. The van der Waals surface area contributed by atoms with Crippen molar-refractivity contribution in [3.05, 3.63) is 141 Å². The molecule has 0 saturated carbocycles. The zero-order chi connectivity index (χ0) is 39.0. The molecule has 1 saturated heterocycles. The van der Waals surface area contributed by atoms with Crippen LogP contribution in [0.1, 0.15) is 79.9 Å². The topological polar surface area (TPSA) is 101 Å². The summed E-state index contributed by atoms with van der Waals surface area (Å²) >= 11 is 3.27. The summed E-state index contributed by atoms with van der Waals surface area (Å²) < 4.78 is 53.9. The van der Waals surface area contributed by atoms with Crippen molar-refractivity contribution in [2.45, 2.75) is 68.6 Å². The Morgan fingerprint density at radius 2 is 1.07 bits per heavy atom. The lowest BCUT2D eigenvalue weighted by atomic mass is 9.92. The van der Waals surface area contributed by atoms with E-state index in [9.17, 15) is 16.8 Å². The Kier molecular flexibility index (Phi) is 13.5. The van der Waals surface area contributed by atoms with E-state index in [1.165, 1.54) is 15.4 Å². The van der Waals surface area contributed by atoms with Gasteiger partial charge in [0.25, 0.3) is 0 Å². The summed E-state index contributed by atoms with van der Waals surface area (Å²) in [4.78, 5) is 10.3. The highest BCUT2D eigenvalue weighted by Gasteiger charge is 2.26. The monoisotopic (exact) mass is 812 g/mol. The Morgan fingerprint density at radius 1 is 0.618 bits per heavy atom. The van der Waals surface area contributed by atoms with Crippen molar-refractivity contribution in [2.75, 3.05) is 26.2 Å². The average Bonchev–Trinajstić information content (AvgIpc) is 3.92. The van der Waals surface area contributed by atoms with Crippen LogP contribution in [0, 0.1) is 0 Å². The fraction of sp³-hybridized carbons (Fsp3) is 0.302. The van der Waals surface area contributed by atoms with Crippen molar-refractivity contribution in [1.82, 2.24) is 18.6 Å². The molecule has 6 aromatic rings. The van der Waals surface area contributed by atoms with Gasteiger partial charge < -0.3 is 0 Å². The van der Waals surface area contributed by atoms with E-state index in [2.05, 4.69) is 67.4 Å².